The van der Waals surface area contributed by atoms with Crippen molar-refractivity contribution in [2.45, 2.75) is 52.1 Å². The van der Waals surface area contributed by atoms with Crippen molar-refractivity contribution in [3.63, 3.8) is 0 Å². The lowest BCUT2D eigenvalue weighted by Crippen LogP contribution is -2.55. The summed E-state index contributed by atoms with van der Waals surface area (Å²) in [5.41, 5.74) is 5.51. The summed E-state index contributed by atoms with van der Waals surface area (Å²) in [6.45, 7) is 9.19. The van der Waals surface area contributed by atoms with E-state index < -0.39 is 0 Å². The third-order valence-electron chi connectivity index (χ3n) is 3.42. The lowest BCUT2D eigenvalue weighted by Gasteiger charge is -2.32. The minimum atomic E-state index is -0.227. The molecule has 0 saturated carbocycles. The molecular weight excluding hydrogens is 202 g/mol. The van der Waals surface area contributed by atoms with Crippen molar-refractivity contribution in [3.05, 3.63) is 0 Å². The molecule has 4 heteroatoms. The van der Waals surface area contributed by atoms with Gasteiger partial charge in [0.1, 0.15) is 0 Å². The zero-order valence-electron chi connectivity index (χ0n) is 11.3. The van der Waals surface area contributed by atoms with Gasteiger partial charge in [0, 0.05) is 12.6 Å². The van der Waals surface area contributed by atoms with E-state index in [0.29, 0.717) is 19.1 Å². The number of nitrogens with zero attached hydrogens (tertiary/aromatic N) is 1. The Morgan fingerprint density at radius 3 is 2.19 bits per heavy atom. The largest absolute Gasteiger partial charge is 0.348 e. The SMILES string of the molecule is CCC(CC)(CN)NC(=O)CN(C)C(C)C. The predicted molar refractivity (Wildman–Crippen MR) is 68.3 cm³/mol. The van der Waals surface area contributed by atoms with Crippen molar-refractivity contribution >= 4 is 5.91 Å². The fraction of sp³-hybridized carbons (Fsp3) is 0.917. The van der Waals surface area contributed by atoms with Crippen LogP contribution in [-0.4, -0.2) is 42.5 Å². The first kappa shape index (κ1) is 15.4. The average molecular weight is 229 g/mol. The molecule has 0 fully saturated rings. The van der Waals surface area contributed by atoms with Gasteiger partial charge in [0.25, 0.3) is 0 Å². The molecule has 96 valence electrons. The van der Waals surface area contributed by atoms with Gasteiger partial charge in [-0.2, -0.15) is 0 Å². The van der Waals surface area contributed by atoms with E-state index in [9.17, 15) is 4.79 Å². The number of nitrogens with one attached hydrogen (secondary N) is 1. The number of amides is 1. The van der Waals surface area contributed by atoms with Crippen LogP contribution in [0.3, 0.4) is 0 Å². The van der Waals surface area contributed by atoms with E-state index in [-0.39, 0.29) is 11.4 Å². The zero-order chi connectivity index (χ0) is 12.8. The van der Waals surface area contributed by atoms with Crippen molar-refractivity contribution in [1.29, 1.82) is 0 Å². The highest BCUT2D eigenvalue weighted by atomic mass is 16.2. The van der Waals surface area contributed by atoms with Crippen LogP contribution < -0.4 is 11.1 Å². The maximum absolute atomic E-state index is 11.8. The molecule has 0 aliphatic carbocycles. The first-order chi connectivity index (χ1) is 7.40. The Balaban J connectivity index is 4.31. The van der Waals surface area contributed by atoms with Crippen LogP contribution in [0.4, 0.5) is 0 Å². The second-order valence-electron chi connectivity index (χ2n) is 4.75. The Hall–Kier alpha value is -0.610. The van der Waals surface area contributed by atoms with Gasteiger partial charge in [-0.15, -0.1) is 0 Å². The highest BCUT2D eigenvalue weighted by Crippen LogP contribution is 2.12. The molecule has 0 unspecified atom stereocenters. The van der Waals surface area contributed by atoms with Gasteiger partial charge in [0.2, 0.25) is 5.91 Å². The lowest BCUT2D eigenvalue weighted by atomic mass is 9.93. The predicted octanol–water partition coefficient (Wildman–Crippen LogP) is 0.960. The van der Waals surface area contributed by atoms with Crippen molar-refractivity contribution in [2.75, 3.05) is 20.1 Å². The first-order valence-corrected chi connectivity index (χ1v) is 6.12. The monoisotopic (exact) mass is 229 g/mol. The molecule has 0 spiro atoms. The third-order valence-corrected chi connectivity index (χ3v) is 3.42. The third kappa shape index (κ3) is 4.49. The van der Waals surface area contributed by atoms with Crippen LogP contribution in [0.5, 0.6) is 0 Å². The second kappa shape index (κ2) is 6.86. The van der Waals surface area contributed by atoms with E-state index in [2.05, 4.69) is 33.0 Å². The smallest absolute Gasteiger partial charge is 0.234 e. The van der Waals surface area contributed by atoms with Crippen LogP contribution in [0, 0.1) is 0 Å². The minimum Gasteiger partial charge on any atom is -0.348 e. The minimum absolute atomic E-state index is 0.0605. The Bertz CT molecular complexity index is 204. The van der Waals surface area contributed by atoms with Crippen LogP contribution in [0.15, 0.2) is 0 Å². The van der Waals surface area contributed by atoms with E-state index >= 15 is 0 Å². The summed E-state index contributed by atoms with van der Waals surface area (Å²) in [5, 5.41) is 3.06. The molecule has 16 heavy (non-hydrogen) atoms. The molecule has 4 nitrogen and oxygen atoms in total. The molecule has 0 atom stereocenters. The molecule has 0 rings (SSSR count). The van der Waals surface area contributed by atoms with Gasteiger partial charge in [-0.1, -0.05) is 13.8 Å². The Labute approximate surface area is 99.6 Å². The van der Waals surface area contributed by atoms with Crippen LogP contribution >= 0.6 is 0 Å². The van der Waals surface area contributed by atoms with Gasteiger partial charge >= 0.3 is 0 Å². The molecule has 0 saturated heterocycles. The number of carbonyl (C=O) groups is 1. The quantitative estimate of drug-likeness (QED) is 0.683. The van der Waals surface area contributed by atoms with E-state index in [1.165, 1.54) is 0 Å². The topological polar surface area (TPSA) is 58.4 Å². The van der Waals surface area contributed by atoms with Crippen molar-refractivity contribution in [2.24, 2.45) is 5.73 Å². The molecule has 0 bridgehead atoms. The molecule has 3 N–H and O–H groups in total. The van der Waals surface area contributed by atoms with Gasteiger partial charge in [0.15, 0.2) is 0 Å². The van der Waals surface area contributed by atoms with Gasteiger partial charge in [-0.25, -0.2) is 0 Å². The summed E-state index contributed by atoms with van der Waals surface area (Å²) in [4.78, 5) is 13.9. The summed E-state index contributed by atoms with van der Waals surface area (Å²) < 4.78 is 0. The standard InChI is InChI=1S/C12H27N3O/c1-6-12(7-2,9-13)14-11(16)8-15(5)10(3)4/h10H,6-9,13H2,1-5H3,(H,14,16). The summed E-state index contributed by atoms with van der Waals surface area (Å²) in [6.07, 6.45) is 1.74. The number of rotatable bonds is 7. The number of carbonyl (C=O) groups excluding carboxylic acids is 1. The molecule has 0 aromatic carbocycles. The fourth-order valence-corrected chi connectivity index (χ4v) is 1.51. The Morgan fingerprint density at radius 2 is 1.88 bits per heavy atom. The first-order valence-electron chi connectivity index (χ1n) is 6.12. The summed E-state index contributed by atoms with van der Waals surface area (Å²) in [5.74, 6) is 0.0605. The normalized spacial score (nSPS) is 12.2. The molecule has 0 aromatic rings. The maximum atomic E-state index is 11.8. The van der Waals surface area contributed by atoms with Crippen molar-refractivity contribution in [1.82, 2.24) is 10.2 Å². The fourth-order valence-electron chi connectivity index (χ4n) is 1.51. The number of hydrogen-bond acceptors (Lipinski definition) is 3. The Morgan fingerprint density at radius 1 is 1.38 bits per heavy atom. The second-order valence-corrected chi connectivity index (χ2v) is 4.75. The van der Waals surface area contributed by atoms with Crippen LogP contribution in [0.2, 0.25) is 0 Å². The van der Waals surface area contributed by atoms with E-state index in [0.717, 1.165) is 12.8 Å². The van der Waals surface area contributed by atoms with Crippen molar-refractivity contribution in [3.8, 4) is 0 Å². The van der Waals surface area contributed by atoms with E-state index in [4.69, 9.17) is 5.73 Å². The molecule has 0 aliphatic rings. The molecule has 0 heterocycles. The number of likely N-dealkylation sites (N-methyl/N-ethyl adjacent to an activating group) is 1. The van der Waals surface area contributed by atoms with E-state index in [1.807, 2.05) is 11.9 Å². The van der Waals surface area contributed by atoms with Crippen LogP contribution in [0.1, 0.15) is 40.5 Å². The zero-order valence-corrected chi connectivity index (χ0v) is 11.3. The van der Waals surface area contributed by atoms with Gasteiger partial charge in [0.05, 0.1) is 12.1 Å². The van der Waals surface area contributed by atoms with E-state index in [1.54, 1.807) is 0 Å². The lowest BCUT2D eigenvalue weighted by molar-refractivity contribution is -0.124. The number of hydrogen-bond donors (Lipinski definition) is 2. The molecule has 1 amide bonds. The highest BCUT2D eigenvalue weighted by Gasteiger charge is 2.26. The molecule has 0 radical (unpaired) electrons. The molecule has 0 aromatic heterocycles. The van der Waals surface area contributed by atoms with Gasteiger partial charge in [-0.3, -0.25) is 9.69 Å². The molecule has 0 aliphatic heterocycles. The highest BCUT2D eigenvalue weighted by molar-refractivity contribution is 5.78. The Kier molecular flexibility index (Phi) is 6.60. The van der Waals surface area contributed by atoms with Crippen LogP contribution in [-0.2, 0) is 4.79 Å². The van der Waals surface area contributed by atoms with Gasteiger partial charge in [-0.05, 0) is 33.7 Å². The summed E-state index contributed by atoms with van der Waals surface area (Å²) in [7, 11) is 1.95. The van der Waals surface area contributed by atoms with Crippen molar-refractivity contribution < 1.29 is 4.79 Å². The molecular formula is C12H27N3O. The average Bonchev–Trinajstić information content (AvgIpc) is 2.26. The number of nitrogens with two attached hydrogens (primary N) is 1. The summed E-state index contributed by atoms with van der Waals surface area (Å²) >= 11 is 0. The summed E-state index contributed by atoms with van der Waals surface area (Å²) in [6, 6.07) is 0.376. The van der Waals surface area contributed by atoms with Crippen LogP contribution in [0.25, 0.3) is 0 Å². The van der Waals surface area contributed by atoms with Gasteiger partial charge < -0.3 is 11.1 Å². The maximum Gasteiger partial charge on any atom is 0.234 e.